The smallest absolute Gasteiger partial charge is 0.263 e. The van der Waals surface area contributed by atoms with E-state index in [2.05, 4.69) is 40.8 Å². The predicted molar refractivity (Wildman–Crippen MR) is 130 cm³/mol. The van der Waals surface area contributed by atoms with Crippen LogP contribution in [0.4, 0.5) is 0 Å². The molecule has 0 aliphatic carbocycles. The van der Waals surface area contributed by atoms with Gasteiger partial charge in [0.2, 0.25) is 11.7 Å². The molecule has 10 heteroatoms. The summed E-state index contributed by atoms with van der Waals surface area (Å²) in [5.74, 6) is 1.14. The third-order valence-corrected chi connectivity index (χ3v) is 6.42. The van der Waals surface area contributed by atoms with Crippen LogP contribution in [0, 0.1) is 5.92 Å². The van der Waals surface area contributed by atoms with Gasteiger partial charge in [-0.3, -0.25) is 23.5 Å². The van der Waals surface area contributed by atoms with Crippen LogP contribution in [-0.2, 0) is 16.1 Å². The number of hydrogen-bond donors (Lipinski definition) is 1. The Kier molecular flexibility index (Phi) is 7.46. The lowest BCUT2D eigenvalue weighted by atomic mass is 10.2. The first kappa shape index (κ1) is 23.5. The second-order valence-electron chi connectivity index (χ2n) is 8.58. The maximum Gasteiger partial charge on any atom is 0.263 e. The molecule has 9 nitrogen and oxygen atoms in total. The molecule has 0 saturated carbocycles. The average molecular weight is 471 g/mol. The number of nitrogens with zero attached hydrogens (tertiary/aromatic N) is 5. The van der Waals surface area contributed by atoms with Crippen molar-refractivity contribution in [3.63, 3.8) is 0 Å². The lowest BCUT2D eigenvalue weighted by Gasteiger charge is -2.33. The maximum atomic E-state index is 12.9. The molecule has 1 fully saturated rings. The Labute approximate surface area is 196 Å². The van der Waals surface area contributed by atoms with Crippen molar-refractivity contribution < 1.29 is 9.53 Å². The van der Waals surface area contributed by atoms with E-state index in [1.807, 2.05) is 22.6 Å². The minimum atomic E-state index is -0.140. The minimum absolute atomic E-state index is 0.00217. The van der Waals surface area contributed by atoms with E-state index < -0.39 is 0 Å². The number of hydrogen-bond acceptors (Lipinski definition) is 7. The number of carbonyl (C=O) groups is 1. The number of rotatable bonds is 9. The Morgan fingerprint density at radius 1 is 1.36 bits per heavy atom. The van der Waals surface area contributed by atoms with Gasteiger partial charge in [-0.1, -0.05) is 43.8 Å². The van der Waals surface area contributed by atoms with Crippen LogP contribution in [0.25, 0.3) is 16.7 Å². The van der Waals surface area contributed by atoms with Crippen LogP contribution in [0.3, 0.4) is 0 Å². The molecule has 3 heterocycles. The van der Waals surface area contributed by atoms with Crippen LogP contribution in [-0.4, -0.2) is 74.6 Å². The highest BCUT2D eigenvalue weighted by Gasteiger charge is 2.22. The number of aromatic nitrogens is 4. The number of amides is 1. The number of fused-ring (bicyclic) bond motifs is 3. The Morgan fingerprint density at radius 3 is 2.97 bits per heavy atom. The Hall–Kier alpha value is -2.69. The largest absolute Gasteiger partial charge is 0.374 e. The molecule has 3 aromatic rings. The van der Waals surface area contributed by atoms with Crippen molar-refractivity contribution in [2.45, 2.75) is 31.7 Å². The van der Waals surface area contributed by atoms with Crippen molar-refractivity contribution in [2.24, 2.45) is 5.92 Å². The molecule has 1 N–H and O–H groups in total. The summed E-state index contributed by atoms with van der Waals surface area (Å²) >= 11 is 1.29. The lowest BCUT2D eigenvalue weighted by Crippen LogP contribution is -2.48. The molecule has 2 aromatic heterocycles. The number of benzene rings is 1. The molecule has 4 rings (SSSR count). The second-order valence-corrected chi connectivity index (χ2v) is 9.52. The molecule has 33 heavy (non-hydrogen) atoms. The van der Waals surface area contributed by atoms with Crippen molar-refractivity contribution in [3.05, 3.63) is 47.3 Å². The van der Waals surface area contributed by atoms with E-state index in [0.29, 0.717) is 47.5 Å². The highest BCUT2D eigenvalue weighted by Crippen LogP contribution is 2.21. The third-order valence-electron chi connectivity index (χ3n) is 5.50. The zero-order valence-corrected chi connectivity index (χ0v) is 19.9. The van der Waals surface area contributed by atoms with E-state index in [1.54, 1.807) is 12.1 Å². The van der Waals surface area contributed by atoms with Gasteiger partial charge in [0.15, 0.2) is 5.16 Å². The summed E-state index contributed by atoms with van der Waals surface area (Å²) in [7, 11) is 0. The molecule has 1 unspecified atom stereocenters. The van der Waals surface area contributed by atoms with Crippen LogP contribution in [0.5, 0.6) is 0 Å². The van der Waals surface area contributed by atoms with Gasteiger partial charge in [-0.05, 0) is 18.1 Å². The van der Waals surface area contributed by atoms with Crippen molar-refractivity contribution in [3.8, 4) is 0 Å². The second kappa shape index (κ2) is 10.5. The fourth-order valence-electron chi connectivity index (χ4n) is 4.12. The van der Waals surface area contributed by atoms with E-state index in [9.17, 15) is 9.59 Å². The Morgan fingerprint density at radius 2 is 2.18 bits per heavy atom. The number of ether oxygens (including phenoxy) is 1. The third kappa shape index (κ3) is 5.29. The topological polar surface area (TPSA) is 93.8 Å². The molecule has 176 valence electrons. The van der Waals surface area contributed by atoms with Gasteiger partial charge in [0.1, 0.15) is 0 Å². The van der Waals surface area contributed by atoms with E-state index in [4.69, 9.17) is 4.74 Å². The molecular formula is C23H30N6O3S. The molecule has 1 aliphatic heterocycles. The van der Waals surface area contributed by atoms with Crippen molar-refractivity contribution >= 4 is 34.3 Å². The number of allylic oxidation sites excluding steroid dienone is 1. The van der Waals surface area contributed by atoms with Crippen molar-refractivity contribution in [1.29, 1.82) is 0 Å². The maximum absolute atomic E-state index is 12.9. The van der Waals surface area contributed by atoms with Gasteiger partial charge >= 0.3 is 0 Å². The Bertz CT molecular complexity index is 1200. The highest BCUT2D eigenvalue weighted by molar-refractivity contribution is 7.99. The number of para-hydroxylation sites is 1. The number of morpholine rings is 1. The monoisotopic (exact) mass is 470 g/mol. The predicted octanol–water partition coefficient (Wildman–Crippen LogP) is 1.80. The molecule has 1 aromatic carbocycles. The van der Waals surface area contributed by atoms with Gasteiger partial charge in [0, 0.05) is 32.7 Å². The van der Waals surface area contributed by atoms with Crippen LogP contribution in [0.15, 0.2) is 46.9 Å². The molecule has 1 atom stereocenters. The van der Waals surface area contributed by atoms with Crippen molar-refractivity contribution in [2.75, 3.05) is 38.5 Å². The first-order valence-electron chi connectivity index (χ1n) is 11.2. The molecule has 0 bridgehead atoms. The van der Waals surface area contributed by atoms with Gasteiger partial charge in [-0.15, -0.1) is 16.8 Å². The summed E-state index contributed by atoms with van der Waals surface area (Å²) in [5, 5.41) is 12.6. The van der Waals surface area contributed by atoms with Gasteiger partial charge in [0.25, 0.3) is 5.56 Å². The SMILES string of the molecule is C=CCn1c(=O)c2ccccc2n2c(SCC(=O)NCC3CN(CC(C)C)CCO3)nnc12. The molecule has 0 spiro atoms. The van der Waals surface area contributed by atoms with Gasteiger partial charge in [-0.2, -0.15) is 0 Å². The normalized spacial score (nSPS) is 17.1. The molecule has 1 aliphatic rings. The van der Waals surface area contributed by atoms with Gasteiger partial charge in [-0.25, -0.2) is 0 Å². The first-order valence-corrected chi connectivity index (χ1v) is 12.2. The van der Waals surface area contributed by atoms with Gasteiger partial charge < -0.3 is 10.1 Å². The molecule has 1 saturated heterocycles. The minimum Gasteiger partial charge on any atom is -0.374 e. The standard InChI is InChI=1S/C23H30N6O3S/c1-4-9-28-21(31)18-7-5-6-8-19(18)29-22(28)25-26-23(29)33-15-20(30)24-12-17-14-27(10-11-32-17)13-16(2)3/h4-8,16-17H,1,9-15H2,2-3H3,(H,24,30). The van der Waals surface area contributed by atoms with E-state index in [-0.39, 0.29) is 23.3 Å². The quantitative estimate of drug-likeness (QED) is 0.376. The van der Waals surface area contributed by atoms with Crippen LogP contribution in [0.1, 0.15) is 13.8 Å². The molecular weight excluding hydrogens is 440 g/mol. The zero-order valence-electron chi connectivity index (χ0n) is 19.1. The van der Waals surface area contributed by atoms with Gasteiger partial charge in [0.05, 0.1) is 29.4 Å². The summed E-state index contributed by atoms with van der Waals surface area (Å²) in [6.45, 7) is 12.4. The van der Waals surface area contributed by atoms with E-state index in [0.717, 1.165) is 19.6 Å². The fraction of sp³-hybridized carbons (Fsp3) is 0.478. The highest BCUT2D eigenvalue weighted by atomic mass is 32.2. The average Bonchev–Trinajstić information content (AvgIpc) is 3.23. The summed E-state index contributed by atoms with van der Waals surface area (Å²) in [4.78, 5) is 27.8. The van der Waals surface area contributed by atoms with Crippen LogP contribution in [0.2, 0.25) is 0 Å². The molecule has 0 radical (unpaired) electrons. The van der Waals surface area contributed by atoms with E-state index >= 15 is 0 Å². The summed E-state index contributed by atoms with van der Waals surface area (Å²) in [6, 6.07) is 7.34. The van der Waals surface area contributed by atoms with Crippen LogP contribution >= 0.6 is 11.8 Å². The van der Waals surface area contributed by atoms with Crippen LogP contribution < -0.4 is 10.9 Å². The number of nitrogens with one attached hydrogen (secondary N) is 1. The summed E-state index contributed by atoms with van der Waals surface area (Å²) in [5.41, 5.74) is 0.574. The number of thioether (sulfide) groups is 1. The van der Waals surface area contributed by atoms with Crippen molar-refractivity contribution in [1.82, 2.24) is 29.4 Å². The lowest BCUT2D eigenvalue weighted by molar-refractivity contribution is -0.119. The molecule has 1 amide bonds. The number of carbonyl (C=O) groups excluding carboxylic acids is 1. The zero-order chi connectivity index (χ0) is 23.4. The summed E-state index contributed by atoms with van der Waals surface area (Å²) in [6.07, 6.45) is 1.65. The summed E-state index contributed by atoms with van der Waals surface area (Å²) < 4.78 is 9.18. The fourth-order valence-corrected chi connectivity index (χ4v) is 4.89. The first-order chi connectivity index (χ1) is 16.0. The van der Waals surface area contributed by atoms with E-state index in [1.165, 1.54) is 16.3 Å². The Balaban J connectivity index is 1.44.